The number of benzene rings is 2. The first-order chi connectivity index (χ1) is 14.9. The van der Waals surface area contributed by atoms with Gasteiger partial charge >= 0.3 is 11.1 Å². The molecule has 4 aromatic rings. The maximum Gasteiger partial charge on any atom is 0.316 e. The molecule has 2 aromatic heterocycles. The van der Waals surface area contributed by atoms with Gasteiger partial charge in [-0.05, 0) is 42.8 Å². The summed E-state index contributed by atoms with van der Waals surface area (Å²) in [6.45, 7) is 2.25. The van der Waals surface area contributed by atoms with Crippen molar-refractivity contribution in [3.63, 3.8) is 0 Å². The van der Waals surface area contributed by atoms with Crippen molar-refractivity contribution in [3.05, 3.63) is 79.6 Å². The molecule has 0 atom stereocenters. The smallest absolute Gasteiger partial charge is 0.316 e. The number of aryl methyl sites for hydroxylation is 1. The third-order valence-electron chi connectivity index (χ3n) is 4.73. The molecule has 2 heterocycles. The molecular weight excluding hydrogens is 422 g/mol. The number of carbonyl (C=O) groups excluding carboxylic acids is 1. The molecule has 2 aromatic carbocycles. The van der Waals surface area contributed by atoms with Gasteiger partial charge in [0.05, 0.1) is 24.0 Å². The molecule has 0 aliphatic rings. The van der Waals surface area contributed by atoms with Crippen LogP contribution in [0.25, 0.3) is 22.4 Å². The number of amides is 1. The van der Waals surface area contributed by atoms with E-state index in [1.807, 2.05) is 0 Å². The van der Waals surface area contributed by atoms with Crippen LogP contribution < -0.4 is 16.4 Å². The predicted octanol–water partition coefficient (Wildman–Crippen LogP) is 2.27. The number of aromatic amines is 1. The maximum absolute atomic E-state index is 12.1. The van der Waals surface area contributed by atoms with Crippen LogP contribution in [0.15, 0.2) is 56.6 Å². The fourth-order valence-electron chi connectivity index (χ4n) is 3.20. The van der Waals surface area contributed by atoms with Crippen molar-refractivity contribution in [2.45, 2.75) is 26.4 Å². The van der Waals surface area contributed by atoms with E-state index in [1.165, 1.54) is 4.57 Å². The molecular formula is C21H18ClN5O4. The molecule has 4 rings (SSSR count). The summed E-state index contributed by atoms with van der Waals surface area (Å²) in [6.07, 6.45) is 0.204. The molecule has 0 radical (unpaired) electrons. The Bertz CT molecular complexity index is 1370. The normalized spacial score (nSPS) is 11.0. The van der Waals surface area contributed by atoms with Crippen LogP contribution in [-0.2, 0) is 24.3 Å². The van der Waals surface area contributed by atoms with Crippen LogP contribution in [0.3, 0.4) is 0 Å². The summed E-state index contributed by atoms with van der Waals surface area (Å²) in [6, 6.07) is 12.2. The highest BCUT2D eigenvalue weighted by atomic mass is 35.5. The van der Waals surface area contributed by atoms with Crippen molar-refractivity contribution < 1.29 is 9.32 Å². The van der Waals surface area contributed by atoms with E-state index in [4.69, 9.17) is 16.1 Å². The first-order valence-corrected chi connectivity index (χ1v) is 9.93. The summed E-state index contributed by atoms with van der Waals surface area (Å²) in [7, 11) is 0. The van der Waals surface area contributed by atoms with Crippen LogP contribution in [0.5, 0.6) is 0 Å². The second-order valence-electron chi connectivity index (χ2n) is 6.83. The van der Waals surface area contributed by atoms with Gasteiger partial charge in [0.2, 0.25) is 17.6 Å². The van der Waals surface area contributed by atoms with E-state index >= 15 is 0 Å². The number of hydrogen-bond acceptors (Lipinski definition) is 6. The van der Waals surface area contributed by atoms with Crippen LogP contribution in [0.1, 0.15) is 18.4 Å². The summed E-state index contributed by atoms with van der Waals surface area (Å²) in [5.74, 6) is 0.355. The van der Waals surface area contributed by atoms with Gasteiger partial charge in [0.25, 0.3) is 0 Å². The van der Waals surface area contributed by atoms with E-state index in [0.29, 0.717) is 34.0 Å². The standard InChI is InChI=1S/C21H18ClN5O4/c1-2-27-16-8-5-13(10-15(16)24-20(29)21(27)30)19-25-18(31-26-19)11-23-17(28)9-12-3-6-14(22)7-4-12/h3-8,10H,2,9,11H2,1H3,(H,23,28)(H,24,29). The van der Waals surface area contributed by atoms with Crippen molar-refractivity contribution in [1.82, 2.24) is 25.0 Å². The number of rotatable bonds is 6. The van der Waals surface area contributed by atoms with Gasteiger partial charge in [-0.2, -0.15) is 4.98 Å². The predicted molar refractivity (Wildman–Crippen MR) is 115 cm³/mol. The van der Waals surface area contributed by atoms with Gasteiger partial charge in [-0.25, -0.2) is 0 Å². The quantitative estimate of drug-likeness (QED) is 0.444. The summed E-state index contributed by atoms with van der Waals surface area (Å²) in [4.78, 5) is 42.8. The molecule has 9 nitrogen and oxygen atoms in total. The van der Waals surface area contributed by atoms with Crippen LogP contribution in [0, 0.1) is 0 Å². The molecule has 31 heavy (non-hydrogen) atoms. The fraction of sp³-hybridized carbons (Fsp3) is 0.190. The van der Waals surface area contributed by atoms with E-state index in [2.05, 4.69) is 20.4 Å². The second kappa shape index (κ2) is 8.57. The Morgan fingerprint density at radius 3 is 2.71 bits per heavy atom. The van der Waals surface area contributed by atoms with Crippen molar-refractivity contribution in [1.29, 1.82) is 0 Å². The van der Waals surface area contributed by atoms with Gasteiger partial charge in [-0.15, -0.1) is 0 Å². The van der Waals surface area contributed by atoms with E-state index in [-0.39, 0.29) is 24.8 Å². The molecule has 0 spiro atoms. The van der Waals surface area contributed by atoms with Crippen LogP contribution in [-0.4, -0.2) is 25.6 Å². The van der Waals surface area contributed by atoms with Crippen molar-refractivity contribution in [2.24, 2.45) is 0 Å². The average molecular weight is 440 g/mol. The monoisotopic (exact) mass is 439 g/mol. The van der Waals surface area contributed by atoms with Crippen LogP contribution >= 0.6 is 11.6 Å². The molecule has 0 saturated carbocycles. The Morgan fingerprint density at radius 2 is 1.97 bits per heavy atom. The van der Waals surface area contributed by atoms with E-state index in [1.54, 1.807) is 49.4 Å². The number of H-pyrrole nitrogens is 1. The molecule has 1 amide bonds. The molecule has 0 aliphatic heterocycles. The highest BCUT2D eigenvalue weighted by Gasteiger charge is 2.13. The number of hydrogen-bond donors (Lipinski definition) is 2. The summed E-state index contributed by atoms with van der Waals surface area (Å²) in [5.41, 5.74) is 1.25. The molecule has 0 saturated heterocycles. The second-order valence-corrected chi connectivity index (χ2v) is 7.26. The lowest BCUT2D eigenvalue weighted by Gasteiger charge is -2.07. The first kappa shape index (κ1) is 20.5. The number of nitrogens with zero attached hydrogens (tertiary/aromatic N) is 3. The van der Waals surface area contributed by atoms with Gasteiger partial charge < -0.3 is 19.4 Å². The third-order valence-corrected chi connectivity index (χ3v) is 4.98. The molecule has 0 aliphatic carbocycles. The number of nitrogens with one attached hydrogen (secondary N) is 2. The number of fused-ring (bicyclic) bond motifs is 1. The molecule has 0 unspecified atom stereocenters. The number of aromatic nitrogens is 4. The van der Waals surface area contributed by atoms with Crippen molar-refractivity contribution in [3.8, 4) is 11.4 Å². The molecule has 158 valence electrons. The number of halogens is 1. The Labute approximate surface area is 180 Å². The van der Waals surface area contributed by atoms with E-state index in [9.17, 15) is 14.4 Å². The summed E-state index contributed by atoms with van der Waals surface area (Å²) in [5, 5.41) is 7.28. The largest absolute Gasteiger partial charge is 0.347 e. The van der Waals surface area contributed by atoms with Gasteiger partial charge in [0, 0.05) is 17.1 Å². The molecule has 10 heteroatoms. The Morgan fingerprint density at radius 1 is 1.19 bits per heavy atom. The minimum absolute atomic E-state index is 0.0826. The minimum Gasteiger partial charge on any atom is -0.347 e. The zero-order chi connectivity index (χ0) is 22.0. The lowest BCUT2D eigenvalue weighted by atomic mass is 10.1. The maximum atomic E-state index is 12.1. The lowest BCUT2D eigenvalue weighted by Crippen LogP contribution is -2.35. The Balaban J connectivity index is 1.48. The number of carbonyl (C=O) groups is 1. The first-order valence-electron chi connectivity index (χ1n) is 9.55. The minimum atomic E-state index is -0.691. The van der Waals surface area contributed by atoms with Gasteiger partial charge in [-0.1, -0.05) is 28.9 Å². The average Bonchev–Trinajstić information content (AvgIpc) is 3.24. The third kappa shape index (κ3) is 4.41. The highest BCUT2D eigenvalue weighted by molar-refractivity contribution is 6.30. The Hall–Kier alpha value is -3.72. The SMILES string of the molecule is CCn1c(=O)c(=O)[nH]c2cc(-c3noc(CNC(=O)Cc4ccc(Cl)cc4)n3)ccc21. The van der Waals surface area contributed by atoms with Crippen LogP contribution in [0.4, 0.5) is 0 Å². The summed E-state index contributed by atoms with van der Waals surface area (Å²) >= 11 is 5.84. The van der Waals surface area contributed by atoms with Crippen molar-refractivity contribution in [2.75, 3.05) is 0 Å². The van der Waals surface area contributed by atoms with Gasteiger partial charge in [0.1, 0.15) is 0 Å². The Kier molecular flexibility index (Phi) is 5.68. The topological polar surface area (TPSA) is 123 Å². The van der Waals surface area contributed by atoms with Crippen molar-refractivity contribution >= 4 is 28.5 Å². The molecule has 0 fully saturated rings. The summed E-state index contributed by atoms with van der Waals surface area (Å²) < 4.78 is 6.61. The molecule has 0 bridgehead atoms. The van der Waals surface area contributed by atoms with Gasteiger partial charge in [-0.3, -0.25) is 14.4 Å². The van der Waals surface area contributed by atoms with Gasteiger partial charge in [0.15, 0.2) is 0 Å². The zero-order valence-corrected chi connectivity index (χ0v) is 17.3. The van der Waals surface area contributed by atoms with Crippen LogP contribution in [0.2, 0.25) is 5.02 Å². The van der Waals surface area contributed by atoms with E-state index in [0.717, 1.165) is 5.56 Å². The van der Waals surface area contributed by atoms with E-state index < -0.39 is 11.1 Å². The highest BCUT2D eigenvalue weighted by Crippen LogP contribution is 2.20. The molecule has 2 N–H and O–H groups in total. The fourth-order valence-corrected chi connectivity index (χ4v) is 3.33. The zero-order valence-electron chi connectivity index (χ0n) is 16.5. The lowest BCUT2D eigenvalue weighted by molar-refractivity contribution is -0.120.